The SMILES string of the molecule is Cc1ccsc1/C=C1/Oc2c(CN3CCCC(C)C3)c(O)cc(C)c2C1=O. The number of carbonyl (C=O) groups is 1. The Kier molecular flexibility index (Phi) is 4.82. The number of hydrogen-bond acceptors (Lipinski definition) is 5. The molecule has 1 N–H and O–H groups in total. The molecule has 142 valence electrons. The molecule has 1 aromatic carbocycles. The van der Waals surface area contributed by atoms with Crippen LogP contribution in [0.15, 0.2) is 23.3 Å². The van der Waals surface area contributed by atoms with Crippen LogP contribution in [-0.2, 0) is 6.54 Å². The van der Waals surface area contributed by atoms with Crippen LogP contribution in [0.4, 0.5) is 0 Å². The van der Waals surface area contributed by atoms with Crippen molar-refractivity contribution >= 4 is 23.2 Å². The van der Waals surface area contributed by atoms with Crippen molar-refractivity contribution < 1.29 is 14.6 Å². The summed E-state index contributed by atoms with van der Waals surface area (Å²) in [5.41, 5.74) is 3.20. The molecule has 1 saturated heterocycles. The molecular weight excluding hydrogens is 358 g/mol. The number of allylic oxidation sites excluding steroid dienone is 1. The molecule has 4 rings (SSSR count). The van der Waals surface area contributed by atoms with Crippen LogP contribution < -0.4 is 4.74 Å². The van der Waals surface area contributed by atoms with E-state index in [4.69, 9.17) is 4.74 Å². The number of ketones is 1. The van der Waals surface area contributed by atoms with E-state index in [-0.39, 0.29) is 11.5 Å². The van der Waals surface area contributed by atoms with Crippen LogP contribution in [0.1, 0.15) is 51.7 Å². The monoisotopic (exact) mass is 383 g/mol. The highest BCUT2D eigenvalue weighted by molar-refractivity contribution is 7.11. The van der Waals surface area contributed by atoms with Gasteiger partial charge >= 0.3 is 0 Å². The Morgan fingerprint density at radius 1 is 1.37 bits per heavy atom. The molecule has 1 unspecified atom stereocenters. The highest BCUT2D eigenvalue weighted by Crippen LogP contribution is 2.43. The third-order valence-corrected chi connectivity index (χ3v) is 6.47. The van der Waals surface area contributed by atoms with Gasteiger partial charge in [-0.05, 0) is 67.8 Å². The number of Topliss-reactive ketones (excluding diaryl/α,β-unsaturated/α-hetero) is 1. The maximum atomic E-state index is 13.0. The summed E-state index contributed by atoms with van der Waals surface area (Å²) >= 11 is 1.59. The predicted molar refractivity (Wildman–Crippen MR) is 109 cm³/mol. The maximum Gasteiger partial charge on any atom is 0.232 e. The lowest BCUT2D eigenvalue weighted by Gasteiger charge is -2.31. The molecule has 3 heterocycles. The van der Waals surface area contributed by atoms with Crippen LogP contribution in [0, 0.1) is 19.8 Å². The first-order chi connectivity index (χ1) is 12.9. The van der Waals surface area contributed by atoms with E-state index >= 15 is 0 Å². The van der Waals surface area contributed by atoms with E-state index in [2.05, 4.69) is 11.8 Å². The molecule has 0 saturated carbocycles. The summed E-state index contributed by atoms with van der Waals surface area (Å²) in [6, 6.07) is 3.73. The summed E-state index contributed by atoms with van der Waals surface area (Å²) in [5, 5.41) is 12.6. The van der Waals surface area contributed by atoms with Crippen molar-refractivity contribution in [1.82, 2.24) is 4.90 Å². The number of thiophene rings is 1. The second-order valence-corrected chi connectivity index (χ2v) is 8.73. The van der Waals surface area contributed by atoms with Gasteiger partial charge in [0, 0.05) is 24.0 Å². The Morgan fingerprint density at radius 2 is 2.19 bits per heavy atom. The summed E-state index contributed by atoms with van der Waals surface area (Å²) in [4.78, 5) is 16.4. The Morgan fingerprint density at radius 3 is 2.89 bits per heavy atom. The Bertz CT molecular complexity index is 928. The van der Waals surface area contributed by atoms with Gasteiger partial charge in [-0.1, -0.05) is 6.92 Å². The molecule has 4 nitrogen and oxygen atoms in total. The zero-order valence-electron chi connectivity index (χ0n) is 16.0. The van der Waals surface area contributed by atoms with Gasteiger partial charge in [-0.3, -0.25) is 9.69 Å². The van der Waals surface area contributed by atoms with Crippen molar-refractivity contribution in [3.05, 3.63) is 50.4 Å². The minimum absolute atomic E-state index is 0.0939. The van der Waals surface area contributed by atoms with Crippen LogP contribution in [0.3, 0.4) is 0 Å². The first-order valence-electron chi connectivity index (χ1n) is 9.50. The van der Waals surface area contributed by atoms with E-state index in [1.165, 1.54) is 12.8 Å². The van der Waals surface area contributed by atoms with Crippen LogP contribution >= 0.6 is 11.3 Å². The van der Waals surface area contributed by atoms with Gasteiger partial charge in [-0.15, -0.1) is 11.3 Å². The lowest BCUT2D eigenvalue weighted by molar-refractivity contribution is 0.101. The number of carbonyl (C=O) groups excluding carboxylic acids is 1. The quantitative estimate of drug-likeness (QED) is 0.765. The number of hydrogen-bond donors (Lipinski definition) is 1. The van der Waals surface area contributed by atoms with Crippen molar-refractivity contribution in [2.24, 2.45) is 5.92 Å². The molecule has 2 aliphatic heterocycles. The molecule has 1 aromatic heterocycles. The fraction of sp³-hybridized carbons (Fsp3) is 0.409. The number of aryl methyl sites for hydroxylation is 2. The van der Waals surface area contributed by atoms with E-state index in [0.29, 0.717) is 29.5 Å². The number of piperidine rings is 1. The second-order valence-electron chi connectivity index (χ2n) is 7.79. The normalized spacial score (nSPS) is 21.5. The number of aromatic hydroxyl groups is 1. The molecule has 0 bridgehead atoms. The zero-order chi connectivity index (χ0) is 19.1. The van der Waals surface area contributed by atoms with E-state index in [0.717, 1.165) is 34.7 Å². The Hall–Kier alpha value is -2.11. The van der Waals surface area contributed by atoms with Crippen LogP contribution in [-0.4, -0.2) is 28.9 Å². The number of phenols is 1. The third-order valence-electron chi connectivity index (χ3n) is 5.51. The third kappa shape index (κ3) is 3.42. The van der Waals surface area contributed by atoms with E-state index < -0.39 is 0 Å². The maximum absolute atomic E-state index is 13.0. The van der Waals surface area contributed by atoms with Gasteiger partial charge in [0.1, 0.15) is 11.5 Å². The average molecular weight is 384 g/mol. The van der Waals surface area contributed by atoms with Gasteiger partial charge < -0.3 is 9.84 Å². The van der Waals surface area contributed by atoms with Crippen LogP contribution in [0.25, 0.3) is 6.08 Å². The standard InChI is InChI=1S/C22H25NO3S/c1-13-5-4-7-23(11-13)12-16-17(24)9-15(3)20-21(25)18(26-22(16)20)10-19-14(2)6-8-27-19/h6,8-10,13,24H,4-5,7,11-12H2,1-3H3/b18-10+. The topological polar surface area (TPSA) is 49.8 Å². The molecule has 0 spiro atoms. The molecule has 0 amide bonds. The van der Waals surface area contributed by atoms with Crippen molar-refractivity contribution in [3.63, 3.8) is 0 Å². The number of fused-ring (bicyclic) bond motifs is 1. The fourth-order valence-electron chi connectivity index (χ4n) is 4.04. The first-order valence-corrected chi connectivity index (χ1v) is 10.4. The second kappa shape index (κ2) is 7.13. The lowest BCUT2D eigenvalue weighted by atomic mass is 9.97. The number of rotatable bonds is 3. The molecule has 1 fully saturated rings. The van der Waals surface area contributed by atoms with Gasteiger partial charge in [-0.25, -0.2) is 0 Å². The van der Waals surface area contributed by atoms with Crippen LogP contribution in [0.2, 0.25) is 0 Å². The molecule has 0 radical (unpaired) electrons. The van der Waals surface area contributed by atoms with Gasteiger partial charge in [-0.2, -0.15) is 0 Å². The van der Waals surface area contributed by atoms with E-state index in [1.54, 1.807) is 17.4 Å². The first kappa shape index (κ1) is 18.3. The summed E-state index contributed by atoms with van der Waals surface area (Å²) in [6.45, 7) is 8.76. The largest absolute Gasteiger partial charge is 0.507 e. The molecule has 0 aliphatic carbocycles. The zero-order valence-corrected chi connectivity index (χ0v) is 16.9. The van der Waals surface area contributed by atoms with Crippen molar-refractivity contribution in [2.75, 3.05) is 13.1 Å². The highest BCUT2D eigenvalue weighted by Gasteiger charge is 2.34. The van der Waals surface area contributed by atoms with Gasteiger partial charge in [0.25, 0.3) is 0 Å². The van der Waals surface area contributed by atoms with Gasteiger partial charge in [0.15, 0.2) is 5.76 Å². The summed E-state index contributed by atoms with van der Waals surface area (Å²) < 4.78 is 6.04. The highest BCUT2D eigenvalue weighted by atomic mass is 32.1. The summed E-state index contributed by atoms with van der Waals surface area (Å²) in [7, 11) is 0. The number of phenolic OH excluding ortho intramolecular Hbond substituents is 1. The minimum Gasteiger partial charge on any atom is -0.507 e. The summed E-state index contributed by atoms with van der Waals surface area (Å²) in [6.07, 6.45) is 4.24. The minimum atomic E-state index is -0.0939. The molecule has 27 heavy (non-hydrogen) atoms. The number of benzene rings is 1. The Balaban J connectivity index is 1.70. The average Bonchev–Trinajstić information content (AvgIpc) is 3.16. The van der Waals surface area contributed by atoms with E-state index in [9.17, 15) is 9.90 Å². The lowest BCUT2D eigenvalue weighted by Crippen LogP contribution is -2.33. The molecule has 1 atom stereocenters. The number of likely N-dealkylation sites (tertiary alicyclic amines) is 1. The van der Waals surface area contributed by atoms with E-state index in [1.807, 2.05) is 31.4 Å². The Labute approximate surface area is 164 Å². The predicted octanol–water partition coefficient (Wildman–Crippen LogP) is 4.92. The molecule has 2 aliphatic rings. The molecule has 2 aromatic rings. The van der Waals surface area contributed by atoms with Crippen molar-refractivity contribution in [3.8, 4) is 11.5 Å². The van der Waals surface area contributed by atoms with Gasteiger partial charge in [0.2, 0.25) is 5.78 Å². The van der Waals surface area contributed by atoms with Gasteiger partial charge in [0.05, 0.1) is 11.1 Å². The number of ether oxygens (including phenoxy) is 1. The fourth-order valence-corrected chi connectivity index (χ4v) is 4.89. The number of nitrogens with zero attached hydrogens (tertiary/aromatic N) is 1. The molecular formula is C22H25NO3S. The van der Waals surface area contributed by atoms with Crippen LogP contribution in [0.5, 0.6) is 11.5 Å². The molecule has 5 heteroatoms. The smallest absolute Gasteiger partial charge is 0.232 e. The summed E-state index contributed by atoms with van der Waals surface area (Å²) in [5.74, 6) is 1.65. The van der Waals surface area contributed by atoms with Crippen molar-refractivity contribution in [2.45, 2.75) is 40.2 Å². The van der Waals surface area contributed by atoms with Crippen molar-refractivity contribution in [1.29, 1.82) is 0 Å².